The van der Waals surface area contributed by atoms with Gasteiger partial charge < -0.3 is 25.4 Å². The molecule has 1 amide bonds. The van der Waals surface area contributed by atoms with Crippen LogP contribution in [0.2, 0.25) is 0 Å². The number of benzene rings is 1. The summed E-state index contributed by atoms with van der Waals surface area (Å²) < 4.78 is 2.02. The molecule has 9 nitrogen and oxygen atoms in total. The Morgan fingerprint density at radius 2 is 1.85 bits per heavy atom. The number of nitrogens with zero attached hydrogens (tertiary/aromatic N) is 5. The summed E-state index contributed by atoms with van der Waals surface area (Å²) in [5.41, 5.74) is 0.916. The summed E-state index contributed by atoms with van der Waals surface area (Å²) in [5, 5.41) is 17.7. The second-order valence-electron chi connectivity index (χ2n) is 8.72. The summed E-state index contributed by atoms with van der Waals surface area (Å²) >= 11 is 0. The van der Waals surface area contributed by atoms with E-state index in [1.165, 1.54) is 5.69 Å². The third-order valence-corrected chi connectivity index (χ3v) is 4.71. The summed E-state index contributed by atoms with van der Waals surface area (Å²) in [7, 11) is 2.09. The van der Waals surface area contributed by atoms with Gasteiger partial charge in [0, 0.05) is 50.9 Å². The number of hydrogen-bond acceptors (Lipinski definition) is 5. The van der Waals surface area contributed by atoms with E-state index in [4.69, 9.17) is 0 Å². The Morgan fingerprint density at radius 3 is 2.52 bits per heavy atom. The van der Waals surface area contributed by atoms with Crippen molar-refractivity contribution in [2.24, 2.45) is 4.99 Å². The summed E-state index contributed by atoms with van der Waals surface area (Å²) in [6.45, 7) is 11.0. The number of para-hydroxylation sites is 1. The molecule has 2 aromatic rings. The smallest absolute Gasteiger partial charge is 0.242 e. The Hall–Kier alpha value is -2.37. The molecule has 3 N–H and O–H groups in total. The van der Waals surface area contributed by atoms with Crippen molar-refractivity contribution < 1.29 is 4.79 Å². The Bertz CT molecular complexity index is 848. The molecule has 0 bridgehead atoms. The van der Waals surface area contributed by atoms with E-state index < -0.39 is 0 Å². The molecule has 1 aromatic heterocycles. The molecule has 10 heteroatoms. The van der Waals surface area contributed by atoms with E-state index in [-0.39, 0.29) is 42.0 Å². The van der Waals surface area contributed by atoms with E-state index in [0.29, 0.717) is 12.5 Å². The van der Waals surface area contributed by atoms with Crippen LogP contribution in [-0.4, -0.2) is 65.4 Å². The second kappa shape index (κ2) is 14.7. The highest BCUT2D eigenvalue weighted by molar-refractivity contribution is 14.0. The molecule has 0 aliphatic carbocycles. The first-order chi connectivity index (χ1) is 15.3. The van der Waals surface area contributed by atoms with Crippen LogP contribution in [0.25, 0.3) is 0 Å². The average Bonchev–Trinajstić information content (AvgIpc) is 3.21. The molecule has 0 radical (unpaired) electrons. The number of amides is 1. The van der Waals surface area contributed by atoms with E-state index in [9.17, 15) is 4.79 Å². The predicted molar refractivity (Wildman–Crippen MR) is 145 cm³/mol. The van der Waals surface area contributed by atoms with Crippen LogP contribution >= 0.6 is 24.0 Å². The normalized spacial score (nSPS) is 11.5. The minimum Gasteiger partial charge on any atom is -0.375 e. The lowest BCUT2D eigenvalue weighted by Crippen LogP contribution is -2.44. The van der Waals surface area contributed by atoms with Crippen LogP contribution in [0.1, 0.15) is 39.9 Å². The van der Waals surface area contributed by atoms with Crippen LogP contribution in [0.5, 0.6) is 0 Å². The number of carbonyl (C=O) groups is 1. The van der Waals surface area contributed by atoms with E-state index >= 15 is 0 Å². The molecule has 0 spiro atoms. The molecule has 33 heavy (non-hydrogen) atoms. The highest BCUT2D eigenvalue weighted by atomic mass is 127. The van der Waals surface area contributed by atoms with Gasteiger partial charge in [0.2, 0.25) is 5.91 Å². The topological polar surface area (TPSA) is 99.5 Å². The number of aryl methyl sites for hydroxylation is 1. The molecule has 0 aliphatic rings. The van der Waals surface area contributed by atoms with Crippen LogP contribution in [0.4, 0.5) is 5.69 Å². The van der Waals surface area contributed by atoms with Crippen molar-refractivity contribution in [2.75, 3.05) is 38.1 Å². The van der Waals surface area contributed by atoms with E-state index in [1.54, 1.807) is 6.33 Å². The van der Waals surface area contributed by atoms with Crippen molar-refractivity contribution in [1.82, 2.24) is 30.7 Å². The third kappa shape index (κ3) is 11.4. The SMILES string of the molecule is CCc1nncn1CCNC(=NCC(=O)NC(C)(C)C)NCCCN(C)c1ccccc1.I. The Kier molecular flexibility index (Phi) is 12.8. The summed E-state index contributed by atoms with van der Waals surface area (Å²) in [6, 6.07) is 10.3. The number of guanidine groups is 1. The van der Waals surface area contributed by atoms with Gasteiger partial charge in [0.25, 0.3) is 0 Å². The van der Waals surface area contributed by atoms with E-state index in [1.807, 2.05) is 43.5 Å². The predicted octanol–water partition coefficient (Wildman–Crippen LogP) is 2.43. The van der Waals surface area contributed by atoms with Gasteiger partial charge in [0.05, 0.1) is 0 Å². The fourth-order valence-electron chi connectivity index (χ4n) is 3.15. The zero-order valence-electron chi connectivity index (χ0n) is 20.5. The van der Waals surface area contributed by atoms with Crippen molar-refractivity contribution in [2.45, 2.75) is 52.6 Å². The van der Waals surface area contributed by atoms with Crippen molar-refractivity contribution in [1.29, 1.82) is 0 Å². The zero-order valence-corrected chi connectivity index (χ0v) is 22.8. The van der Waals surface area contributed by atoms with E-state index in [0.717, 1.165) is 38.3 Å². The quantitative estimate of drug-likeness (QED) is 0.166. The maximum Gasteiger partial charge on any atom is 0.242 e. The van der Waals surface area contributed by atoms with Gasteiger partial charge >= 0.3 is 0 Å². The molecule has 1 heterocycles. The molecule has 0 atom stereocenters. The molecule has 2 rings (SSSR count). The summed E-state index contributed by atoms with van der Waals surface area (Å²) in [5.74, 6) is 1.48. The van der Waals surface area contributed by atoms with Crippen molar-refractivity contribution in [3.63, 3.8) is 0 Å². The standard InChI is InChI=1S/C23H38N8O.HI/c1-6-20-29-27-18-31(20)16-14-25-22(26-17-21(32)28-23(2,3)4)24-13-10-15-30(5)19-11-8-7-9-12-19;/h7-9,11-12,18H,6,10,13-17H2,1-5H3,(H,28,32)(H2,24,25,26);1H. The molecule has 0 saturated heterocycles. The number of halogens is 1. The molecule has 184 valence electrons. The molecule has 1 aromatic carbocycles. The van der Waals surface area contributed by atoms with Crippen molar-refractivity contribution in [3.8, 4) is 0 Å². The second-order valence-corrected chi connectivity index (χ2v) is 8.72. The fourth-order valence-corrected chi connectivity index (χ4v) is 3.15. The molecule has 0 aliphatic heterocycles. The highest BCUT2D eigenvalue weighted by Gasteiger charge is 2.13. The monoisotopic (exact) mass is 570 g/mol. The molecule has 0 unspecified atom stereocenters. The minimum atomic E-state index is -0.277. The molecule has 0 saturated carbocycles. The summed E-state index contributed by atoms with van der Waals surface area (Å²) in [6.07, 6.45) is 3.51. The highest BCUT2D eigenvalue weighted by Crippen LogP contribution is 2.10. The number of aromatic nitrogens is 3. The maximum atomic E-state index is 12.2. The molecule has 0 fully saturated rings. The first-order valence-corrected chi connectivity index (χ1v) is 11.2. The van der Waals surface area contributed by atoms with Gasteiger partial charge in [-0.1, -0.05) is 25.1 Å². The van der Waals surface area contributed by atoms with Crippen LogP contribution in [0, 0.1) is 0 Å². The number of carbonyl (C=O) groups excluding carboxylic acids is 1. The lowest BCUT2D eigenvalue weighted by molar-refractivity contribution is -0.121. The van der Waals surface area contributed by atoms with E-state index in [2.05, 4.69) is 62.1 Å². The zero-order chi connectivity index (χ0) is 23.4. The maximum absolute atomic E-state index is 12.2. The number of hydrogen-bond donors (Lipinski definition) is 3. The summed E-state index contributed by atoms with van der Waals surface area (Å²) in [4.78, 5) is 18.9. The van der Waals surface area contributed by atoms with Gasteiger partial charge in [0.1, 0.15) is 18.7 Å². The first-order valence-electron chi connectivity index (χ1n) is 11.2. The van der Waals surface area contributed by atoms with Crippen LogP contribution < -0.4 is 20.9 Å². The average molecular weight is 571 g/mol. The number of nitrogens with one attached hydrogen (secondary N) is 3. The van der Waals surface area contributed by atoms with Gasteiger partial charge in [-0.2, -0.15) is 0 Å². The Balaban J connectivity index is 0.00000544. The van der Waals surface area contributed by atoms with Gasteiger partial charge in [-0.3, -0.25) is 4.79 Å². The van der Waals surface area contributed by atoms with Crippen LogP contribution in [-0.2, 0) is 17.8 Å². The van der Waals surface area contributed by atoms with Gasteiger partial charge in [-0.25, -0.2) is 4.99 Å². The largest absolute Gasteiger partial charge is 0.375 e. The van der Waals surface area contributed by atoms with Gasteiger partial charge in [-0.05, 0) is 39.3 Å². The Labute approximate surface area is 214 Å². The molecular weight excluding hydrogens is 531 g/mol. The van der Waals surface area contributed by atoms with Gasteiger partial charge in [-0.15, -0.1) is 34.2 Å². The molecular formula is C23H39IN8O. The number of aliphatic imine (C=N–C) groups is 1. The number of anilines is 1. The Morgan fingerprint density at radius 1 is 1.15 bits per heavy atom. The van der Waals surface area contributed by atoms with Crippen LogP contribution in [0.15, 0.2) is 41.7 Å². The van der Waals surface area contributed by atoms with Crippen molar-refractivity contribution >= 4 is 41.5 Å². The van der Waals surface area contributed by atoms with Crippen molar-refractivity contribution in [3.05, 3.63) is 42.5 Å². The van der Waals surface area contributed by atoms with Gasteiger partial charge in [0.15, 0.2) is 5.96 Å². The lowest BCUT2D eigenvalue weighted by atomic mass is 10.1. The lowest BCUT2D eigenvalue weighted by Gasteiger charge is -2.21. The third-order valence-electron chi connectivity index (χ3n) is 4.71. The fraction of sp³-hybridized carbons (Fsp3) is 0.565. The first kappa shape index (κ1) is 28.7. The minimum absolute atomic E-state index is 0. The number of rotatable bonds is 11. The van der Waals surface area contributed by atoms with Crippen LogP contribution in [0.3, 0.4) is 0 Å².